The van der Waals surface area contributed by atoms with Crippen molar-refractivity contribution < 1.29 is 67.0 Å². The Morgan fingerprint density at radius 2 is 0.770 bits per heavy atom. The number of hydrogen-bond donors (Lipinski definition) is 6. The lowest BCUT2D eigenvalue weighted by Gasteiger charge is -2.37. The molecule has 6 aromatic rings. The second-order valence-electron chi connectivity index (χ2n) is 18.7. The van der Waals surface area contributed by atoms with Crippen molar-refractivity contribution >= 4 is 134 Å². The van der Waals surface area contributed by atoms with Crippen LogP contribution in [0.5, 0.6) is 0 Å². The first-order chi connectivity index (χ1) is 41.4. The molecule has 0 spiro atoms. The molecule has 6 heterocycles. The largest absolute Gasteiger partial charge is 0.380 e. The number of amides is 3. The second kappa shape index (κ2) is 32.2. The van der Waals surface area contributed by atoms with Crippen molar-refractivity contribution in [3.63, 3.8) is 0 Å². The van der Waals surface area contributed by atoms with Crippen molar-refractivity contribution in [1.29, 1.82) is 0 Å². The molecule has 3 aromatic heterocycles. The number of ether oxygens (including phenoxy) is 3. The van der Waals surface area contributed by atoms with Gasteiger partial charge >= 0.3 is 0 Å². The maximum Gasteiger partial charge on any atom is 0.280 e. The SMILES string of the molecule is CCOCCN1C(C(=O)Nc2ccc(F)c(Cl)c2)CC(c2nccs2)NS1(=O)=O.CCOCCN1[C@@H](C(=O)Nc2ccc(F)c(Cl)c2)C[C@@H](c2nccs2)NS1(=O)=O.CCOCCN1[C@H](C(=O)Nc2ccc(F)c(Cl)c2)C[C@H](c2nccs2)NS1(=O)=O. The molecule has 6 atom stereocenters. The standard InChI is InChI=1S/3C17H20ClFN4O4S2/c3*1-2-27-7-6-23-15(16(24)21-11-3-4-13(19)12(18)9-11)10-14(22-29(23,25)26)17-20-5-8-28-17/h3*3-5,8-9,14-15,22H,2,6-7,10H2,1H3,(H,21,24)/t2*14-,15+;/m10./s1. The van der Waals surface area contributed by atoms with Crippen LogP contribution in [0.1, 0.15) is 73.2 Å². The summed E-state index contributed by atoms with van der Waals surface area (Å²) in [6.45, 7) is 7.12. The summed E-state index contributed by atoms with van der Waals surface area (Å²) in [6, 6.07) is 6.38. The number of nitrogens with zero attached hydrogens (tertiary/aromatic N) is 6. The van der Waals surface area contributed by atoms with E-state index in [9.17, 15) is 52.8 Å². The van der Waals surface area contributed by atoms with E-state index in [4.69, 9.17) is 49.0 Å². The molecule has 0 bridgehead atoms. The number of aromatic nitrogens is 3. The Morgan fingerprint density at radius 3 is 0.989 bits per heavy atom. The molecule has 2 unspecified atom stereocenters. The highest BCUT2D eigenvalue weighted by atomic mass is 35.5. The number of benzene rings is 3. The van der Waals surface area contributed by atoms with Crippen molar-refractivity contribution in [2.24, 2.45) is 0 Å². The Bertz CT molecular complexity index is 3250. The van der Waals surface area contributed by atoms with Gasteiger partial charge in [0.05, 0.1) is 53.0 Å². The maximum absolute atomic E-state index is 13.4. The molecule has 3 amide bonds. The van der Waals surface area contributed by atoms with Gasteiger partial charge in [0.1, 0.15) is 50.6 Å². The first-order valence-electron chi connectivity index (χ1n) is 26.5. The summed E-state index contributed by atoms with van der Waals surface area (Å²) in [4.78, 5) is 51.4. The number of thiazole rings is 3. The van der Waals surface area contributed by atoms with E-state index in [1.807, 2.05) is 0 Å². The predicted octanol–water partition coefficient (Wildman–Crippen LogP) is 7.68. The number of rotatable bonds is 21. The average Bonchev–Trinajstić information content (AvgIpc) is 1.84. The van der Waals surface area contributed by atoms with Crippen molar-refractivity contribution in [3.05, 3.63) is 137 Å². The van der Waals surface area contributed by atoms with Crippen LogP contribution in [0.15, 0.2) is 89.3 Å². The Morgan fingerprint density at radius 1 is 0.506 bits per heavy atom. The Kier molecular flexibility index (Phi) is 25.8. The highest BCUT2D eigenvalue weighted by Gasteiger charge is 2.46. The van der Waals surface area contributed by atoms with Crippen molar-refractivity contribution in [2.45, 2.75) is 76.3 Å². The normalized spacial score (nSPS) is 21.8. The first kappa shape index (κ1) is 69.6. The summed E-state index contributed by atoms with van der Waals surface area (Å²) < 4.78 is 144. The van der Waals surface area contributed by atoms with Gasteiger partial charge < -0.3 is 30.2 Å². The van der Waals surface area contributed by atoms with Crippen molar-refractivity contribution in [1.82, 2.24) is 42.0 Å². The highest BCUT2D eigenvalue weighted by Crippen LogP contribution is 2.34. The fourth-order valence-electron chi connectivity index (χ4n) is 8.92. The smallest absolute Gasteiger partial charge is 0.280 e. The molecule has 0 aliphatic carbocycles. The molecule has 3 aromatic carbocycles. The van der Waals surface area contributed by atoms with Crippen LogP contribution in [0.4, 0.5) is 30.2 Å². The highest BCUT2D eigenvalue weighted by molar-refractivity contribution is 7.87. The lowest BCUT2D eigenvalue weighted by atomic mass is 10.1. The molecule has 3 fully saturated rings. The zero-order valence-electron chi connectivity index (χ0n) is 46.4. The van der Waals surface area contributed by atoms with Crippen LogP contribution in [-0.4, -0.2) is 148 Å². The van der Waals surface area contributed by atoms with Gasteiger partial charge in [-0.25, -0.2) is 28.1 Å². The summed E-state index contributed by atoms with van der Waals surface area (Å²) in [7, 11) is -11.9. The molecule has 24 nitrogen and oxygen atoms in total. The molecule has 0 saturated carbocycles. The van der Waals surface area contributed by atoms with E-state index < -0.39 is 102 Å². The molecule has 9 rings (SSSR count). The average molecular weight is 1390 g/mol. The van der Waals surface area contributed by atoms with Gasteiger partial charge in [-0.1, -0.05) is 34.8 Å². The summed E-state index contributed by atoms with van der Waals surface area (Å²) in [6.07, 6.45) is 5.26. The van der Waals surface area contributed by atoms with E-state index >= 15 is 0 Å². The Labute approximate surface area is 528 Å². The molecule has 3 aliphatic rings. The van der Waals surface area contributed by atoms with Crippen LogP contribution in [0.3, 0.4) is 0 Å². The number of carbonyl (C=O) groups is 3. The van der Waals surface area contributed by atoms with Crippen LogP contribution in [0.2, 0.25) is 15.1 Å². The fourth-order valence-corrected chi connectivity index (χ4v) is 16.4. The number of hydrogen-bond acceptors (Lipinski definition) is 18. The number of carbonyl (C=O) groups excluding carboxylic acids is 3. The minimum atomic E-state index is -3.96. The monoisotopic (exact) mass is 1390 g/mol. The third-order valence-electron chi connectivity index (χ3n) is 12.9. The molecule has 3 saturated heterocycles. The topological polar surface area (TPSA) is 302 Å². The van der Waals surface area contributed by atoms with Gasteiger partial charge in [-0.2, -0.15) is 52.3 Å². The van der Waals surface area contributed by atoms with Gasteiger partial charge in [0.2, 0.25) is 17.7 Å². The van der Waals surface area contributed by atoms with E-state index in [-0.39, 0.29) is 90.8 Å². The van der Waals surface area contributed by atoms with Gasteiger partial charge in [-0.3, -0.25) is 14.4 Å². The third kappa shape index (κ3) is 19.1. The molecule has 36 heteroatoms. The van der Waals surface area contributed by atoms with Gasteiger partial charge in [-0.15, -0.1) is 34.0 Å². The van der Waals surface area contributed by atoms with E-state index in [1.54, 1.807) is 55.5 Å². The van der Waals surface area contributed by atoms with Gasteiger partial charge in [0, 0.05) is 91.2 Å². The minimum absolute atomic E-state index is 0.00994. The molecule has 474 valence electrons. The summed E-state index contributed by atoms with van der Waals surface area (Å²) >= 11 is 21.2. The van der Waals surface area contributed by atoms with Crippen LogP contribution >= 0.6 is 68.8 Å². The molecule has 6 N–H and O–H groups in total. The van der Waals surface area contributed by atoms with Crippen molar-refractivity contribution in [2.75, 3.05) is 75.2 Å². The first-order valence-corrected chi connectivity index (χ1v) is 34.6. The van der Waals surface area contributed by atoms with E-state index in [2.05, 4.69) is 45.1 Å². The molecular weight excluding hydrogens is 1330 g/mol. The summed E-state index contributed by atoms with van der Waals surface area (Å²) in [5.41, 5.74) is 0.814. The number of anilines is 3. The molecule has 87 heavy (non-hydrogen) atoms. The van der Waals surface area contributed by atoms with E-state index in [1.165, 1.54) is 70.4 Å². The quantitative estimate of drug-likeness (QED) is 0.0377. The van der Waals surface area contributed by atoms with E-state index in [0.29, 0.717) is 34.8 Å². The Balaban J connectivity index is 0.000000186. The fraction of sp³-hybridized carbons (Fsp3) is 0.412. The minimum Gasteiger partial charge on any atom is -0.380 e. The molecule has 3 aliphatic heterocycles. The van der Waals surface area contributed by atoms with Crippen LogP contribution in [0.25, 0.3) is 0 Å². The van der Waals surface area contributed by atoms with Gasteiger partial charge in [0.15, 0.2) is 0 Å². The predicted molar refractivity (Wildman–Crippen MR) is 326 cm³/mol. The maximum atomic E-state index is 13.4. The molecule has 0 radical (unpaired) electrons. The third-order valence-corrected chi connectivity index (χ3v) is 21.4. The molecular formula is C51H60Cl3F3N12O12S6. The van der Waals surface area contributed by atoms with Crippen LogP contribution in [0, 0.1) is 17.5 Å². The number of halogens is 6. The van der Waals surface area contributed by atoms with Crippen LogP contribution in [-0.2, 0) is 59.2 Å². The van der Waals surface area contributed by atoms with E-state index in [0.717, 1.165) is 31.1 Å². The zero-order chi connectivity index (χ0) is 63.1. The lowest BCUT2D eigenvalue weighted by molar-refractivity contribution is -0.121. The Hall–Kier alpha value is -4.89. The van der Waals surface area contributed by atoms with Gasteiger partial charge in [-0.05, 0) is 94.6 Å². The number of nitrogens with one attached hydrogen (secondary N) is 6. The summed E-state index contributed by atoms with van der Waals surface area (Å²) in [5.74, 6) is -3.48. The summed E-state index contributed by atoms with van der Waals surface area (Å²) in [5, 5.41) is 14.4. The van der Waals surface area contributed by atoms with Gasteiger partial charge in [0.25, 0.3) is 30.6 Å². The zero-order valence-corrected chi connectivity index (χ0v) is 53.6. The lowest BCUT2D eigenvalue weighted by Crippen LogP contribution is -2.58. The van der Waals surface area contributed by atoms with Crippen molar-refractivity contribution in [3.8, 4) is 0 Å². The second-order valence-corrected chi connectivity index (χ2v) is 27.6. The van der Waals surface area contributed by atoms with Crippen LogP contribution < -0.4 is 30.1 Å².